The van der Waals surface area contributed by atoms with Crippen LogP contribution in [0.2, 0.25) is 0 Å². The van der Waals surface area contributed by atoms with Crippen LogP contribution in [0.3, 0.4) is 0 Å². The minimum absolute atomic E-state index is 0.0778. The molecule has 0 N–H and O–H groups in total. The van der Waals surface area contributed by atoms with Crippen LogP contribution in [0.1, 0.15) is 17.5 Å². The van der Waals surface area contributed by atoms with Crippen molar-refractivity contribution in [1.82, 2.24) is 9.78 Å². The quantitative estimate of drug-likeness (QED) is 0.807. The molecular weight excluding hydrogens is 292 g/mol. The third-order valence-corrected chi connectivity index (χ3v) is 4.57. The lowest BCUT2D eigenvalue weighted by molar-refractivity contribution is 0.221. The standard InChI is InChI=1S/C14H16N2O4S/c1-11-3-5-13(6-4-11)21(17,18)20-10-12-9-15-16-7-2-8-19-14(12)16/h3-6,9H,2,7-8,10H2,1H3. The summed E-state index contributed by atoms with van der Waals surface area (Å²) in [4.78, 5) is 0.148. The van der Waals surface area contributed by atoms with Gasteiger partial charge in [0.2, 0.25) is 5.88 Å². The third kappa shape index (κ3) is 2.93. The van der Waals surface area contributed by atoms with Crippen LogP contribution in [-0.2, 0) is 27.5 Å². The molecule has 112 valence electrons. The van der Waals surface area contributed by atoms with E-state index >= 15 is 0 Å². The maximum atomic E-state index is 12.1. The molecule has 7 heteroatoms. The van der Waals surface area contributed by atoms with Gasteiger partial charge in [-0.05, 0) is 19.1 Å². The lowest BCUT2D eigenvalue weighted by Crippen LogP contribution is -2.15. The zero-order valence-corrected chi connectivity index (χ0v) is 12.5. The summed E-state index contributed by atoms with van der Waals surface area (Å²) in [5, 5.41) is 4.16. The number of aromatic nitrogens is 2. The SMILES string of the molecule is Cc1ccc(S(=O)(=O)OCc2cnn3c2OCCC3)cc1. The normalized spacial score (nSPS) is 14.5. The Morgan fingerprint density at radius 2 is 2.10 bits per heavy atom. The van der Waals surface area contributed by atoms with Crippen molar-refractivity contribution >= 4 is 10.1 Å². The van der Waals surface area contributed by atoms with Gasteiger partial charge < -0.3 is 4.74 Å². The van der Waals surface area contributed by atoms with E-state index in [1.54, 1.807) is 23.0 Å². The van der Waals surface area contributed by atoms with E-state index in [0.29, 0.717) is 18.1 Å². The fraction of sp³-hybridized carbons (Fsp3) is 0.357. The first-order valence-corrected chi connectivity index (χ1v) is 8.11. The molecule has 0 saturated carbocycles. The second-order valence-corrected chi connectivity index (χ2v) is 6.54. The van der Waals surface area contributed by atoms with Gasteiger partial charge in [0.1, 0.15) is 0 Å². The molecule has 1 aliphatic heterocycles. The number of hydrogen-bond acceptors (Lipinski definition) is 5. The van der Waals surface area contributed by atoms with Gasteiger partial charge in [-0.3, -0.25) is 4.18 Å². The van der Waals surface area contributed by atoms with E-state index in [2.05, 4.69) is 5.10 Å². The molecule has 0 radical (unpaired) electrons. The molecule has 0 saturated heterocycles. The second kappa shape index (κ2) is 5.50. The molecule has 21 heavy (non-hydrogen) atoms. The molecule has 1 aromatic heterocycles. The monoisotopic (exact) mass is 308 g/mol. The Bertz CT molecular complexity index is 735. The molecule has 0 fully saturated rings. The van der Waals surface area contributed by atoms with Crippen molar-refractivity contribution < 1.29 is 17.3 Å². The summed E-state index contributed by atoms with van der Waals surface area (Å²) in [6, 6.07) is 6.55. The molecule has 6 nitrogen and oxygen atoms in total. The Morgan fingerprint density at radius 1 is 1.33 bits per heavy atom. The van der Waals surface area contributed by atoms with Crippen LogP contribution >= 0.6 is 0 Å². The molecule has 3 rings (SSSR count). The molecule has 0 amide bonds. The Hall–Kier alpha value is -1.86. The van der Waals surface area contributed by atoms with Gasteiger partial charge in [-0.25, -0.2) is 4.68 Å². The highest BCUT2D eigenvalue weighted by Gasteiger charge is 2.20. The highest BCUT2D eigenvalue weighted by atomic mass is 32.2. The van der Waals surface area contributed by atoms with Crippen LogP contribution in [0.5, 0.6) is 5.88 Å². The zero-order chi connectivity index (χ0) is 14.9. The van der Waals surface area contributed by atoms with Crippen LogP contribution < -0.4 is 4.74 Å². The largest absolute Gasteiger partial charge is 0.477 e. The lowest BCUT2D eigenvalue weighted by Gasteiger charge is -2.16. The fourth-order valence-electron chi connectivity index (χ4n) is 2.14. The molecule has 0 spiro atoms. The number of aryl methyl sites for hydroxylation is 2. The minimum atomic E-state index is -3.77. The van der Waals surface area contributed by atoms with Crippen molar-refractivity contribution in [3.05, 3.63) is 41.6 Å². The second-order valence-electron chi connectivity index (χ2n) is 4.93. The van der Waals surface area contributed by atoms with E-state index in [0.717, 1.165) is 18.5 Å². The van der Waals surface area contributed by atoms with Crippen LogP contribution in [0.4, 0.5) is 0 Å². The topological polar surface area (TPSA) is 70.4 Å². The van der Waals surface area contributed by atoms with Crippen molar-refractivity contribution in [2.75, 3.05) is 6.61 Å². The first-order chi connectivity index (χ1) is 10.1. The lowest BCUT2D eigenvalue weighted by atomic mass is 10.2. The average Bonchev–Trinajstić information content (AvgIpc) is 2.89. The Labute approximate surface area is 123 Å². The summed E-state index contributed by atoms with van der Waals surface area (Å²) in [6.45, 7) is 3.21. The Morgan fingerprint density at radius 3 is 2.86 bits per heavy atom. The molecule has 2 aromatic rings. The predicted octanol–water partition coefficient (Wildman–Crippen LogP) is 1.88. The maximum Gasteiger partial charge on any atom is 0.297 e. The number of hydrogen-bond donors (Lipinski definition) is 0. The van der Waals surface area contributed by atoms with Crippen LogP contribution in [0.15, 0.2) is 35.4 Å². The minimum Gasteiger partial charge on any atom is -0.477 e. The molecule has 0 unspecified atom stereocenters. The van der Waals surface area contributed by atoms with Crippen molar-refractivity contribution in [3.8, 4) is 5.88 Å². The van der Waals surface area contributed by atoms with Gasteiger partial charge in [-0.1, -0.05) is 17.7 Å². The van der Waals surface area contributed by atoms with Crippen LogP contribution in [0.25, 0.3) is 0 Å². The molecular formula is C14H16N2O4S. The summed E-state index contributed by atoms with van der Waals surface area (Å²) in [5.74, 6) is 0.598. The number of benzene rings is 1. The predicted molar refractivity (Wildman–Crippen MR) is 75.5 cm³/mol. The van der Waals surface area contributed by atoms with Gasteiger partial charge in [-0.2, -0.15) is 13.5 Å². The van der Waals surface area contributed by atoms with Crippen molar-refractivity contribution in [2.45, 2.75) is 31.4 Å². The molecule has 1 aromatic carbocycles. The van der Waals surface area contributed by atoms with Gasteiger partial charge in [0, 0.05) is 13.0 Å². The number of nitrogens with zero attached hydrogens (tertiary/aromatic N) is 2. The molecule has 0 atom stereocenters. The summed E-state index contributed by atoms with van der Waals surface area (Å²) >= 11 is 0. The van der Waals surface area contributed by atoms with Gasteiger partial charge >= 0.3 is 0 Å². The van der Waals surface area contributed by atoms with Crippen LogP contribution in [-0.4, -0.2) is 24.8 Å². The van der Waals surface area contributed by atoms with E-state index < -0.39 is 10.1 Å². The number of rotatable bonds is 4. The molecule has 0 aliphatic carbocycles. The van der Waals surface area contributed by atoms with E-state index in [9.17, 15) is 8.42 Å². The van der Waals surface area contributed by atoms with Crippen LogP contribution in [0, 0.1) is 6.92 Å². The van der Waals surface area contributed by atoms with E-state index in [1.165, 1.54) is 12.1 Å². The van der Waals surface area contributed by atoms with E-state index in [-0.39, 0.29) is 11.5 Å². The fourth-order valence-corrected chi connectivity index (χ4v) is 3.02. The number of ether oxygens (including phenoxy) is 1. The van der Waals surface area contributed by atoms with Gasteiger partial charge in [0.15, 0.2) is 0 Å². The Kier molecular flexibility index (Phi) is 3.69. The Balaban J connectivity index is 1.75. The molecule has 2 heterocycles. The van der Waals surface area contributed by atoms with Gasteiger partial charge in [0.25, 0.3) is 10.1 Å². The van der Waals surface area contributed by atoms with Crippen molar-refractivity contribution in [3.63, 3.8) is 0 Å². The maximum absolute atomic E-state index is 12.1. The van der Waals surface area contributed by atoms with Crippen molar-refractivity contribution in [1.29, 1.82) is 0 Å². The van der Waals surface area contributed by atoms with Gasteiger partial charge in [0.05, 0.1) is 29.9 Å². The molecule has 0 bridgehead atoms. The zero-order valence-electron chi connectivity index (χ0n) is 11.7. The number of fused-ring (bicyclic) bond motifs is 1. The third-order valence-electron chi connectivity index (χ3n) is 3.29. The van der Waals surface area contributed by atoms with E-state index in [4.69, 9.17) is 8.92 Å². The first-order valence-electron chi connectivity index (χ1n) is 6.70. The summed E-state index contributed by atoms with van der Waals surface area (Å²) < 4.78 is 36.6. The van der Waals surface area contributed by atoms with Crippen molar-refractivity contribution in [2.24, 2.45) is 0 Å². The first kappa shape index (κ1) is 14.1. The highest BCUT2D eigenvalue weighted by Crippen LogP contribution is 2.24. The highest BCUT2D eigenvalue weighted by molar-refractivity contribution is 7.86. The summed E-state index contributed by atoms with van der Waals surface area (Å²) in [5.41, 5.74) is 1.64. The smallest absolute Gasteiger partial charge is 0.297 e. The summed E-state index contributed by atoms with van der Waals surface area (Å²) in [7, 11) is -3.77. The van der Waals surface area contributed by atoms with Gasteiger partial charge in [-0.15, -0.1) is 0 Å². The van der Waals surface area contributed by atoms with E-state index in [1.807, 2.05) is 6.92 Å². The average molecular weight is 308 g/mol. The summed E-state index contributed by atoms with van der Waals surface area (Å²) in [6.07, 6.45) is 2.49. The molecule has 1 aliphatic rings.